The lowest BCUT2D eigenvalue weighted by molar-refractivity contribution is -0.114. The molecule has 1 aromatic heterocycles. The van der Waals surface area contributed by atoms with Crippen LogP contribution in [0, 0.1) is 6.92 Å². The number of nitrogens with zero attached hydrogens (tertiary/aromatic N) is 2. The highest BCUT2D eigenvalue weighted by Gasteiger charge is 2.14. The number of rotatable bonds is 6. The van der Waals surface area contributed by atoms with Crippen LogP contribution >= 0.6 is 11.8 Å². The molecule has 0 aliphatic carbocycles. The minimum absolute atomic E-state index is 0.146. The van der Waals surface area contributed by atoms with Crippen LogP contribution in [0.3, 0.4) is 0 Å². The molecular weight excluding hydrogens is 408 g/mol. The quantitative estimate of drug-likeness (QED) is 0.421. The molecule has 3 aromatic carbocycles. The van der Waals surface area contributed by atoms with Crippen LogP contribution in [0.5, 0.6) is 0 Å². The second kappa shape index (κ2) is 9.06. The van der Waals surface area contributed by atoms with Gasteiger partial charge in [0.2, 0.25) is 11.8 Å². The molecule has 0 atom stereocenters. The van der Waals surface area contributed by atoms with Crippen LogP contribution in [0.1, 0.15) is 12.5 Å². The van der Waals surface area contributed by atoms with E-state index in [1.54, 1.807) is 24.3 Å². The lowest BCUT2D eigenvalue weighted by atomic mass is 10.2. The Kier molecular flexibility index (Phi) is 6.04. The van der Waals surface area contributed by atoms with Crippen LogP contribution in [-0.4, -0.2) is 27.1 Å². The zero-order valence-corrected chi connectivity index (χ0v) is 18.1. The molecule has 2 amide bonds. The summed E-state index contributed by atoms with van der Waals surface area (Å²) in [6, 6.07) is 23.2. The number of hydrogen-bond acceptors (Lipinski definition) is 4. The van der Waals surface area contributed by atoms with Gasteiger partial charge in [-0.25, -0.2) is 4.98 Å². The van der Waals surface area contributed by atoms with E-state index in [1.165, 1.54) is 24.2 Å². The minimum atomic E-state index is -0.158. The summed E-state index contributed by atoms with van der Waals surface area (Å²) in [5.41, 5.74) is 5.34. The summed E-state index contributed by atoms with van der Waals surface area (Å²) in [5, 5.41) is 6.35. The van der Waals surface area contributed by atoms with Crippen LogP contribution in [0.4, 0.5) is 11.4 Å². The fourth-order valence-electron chi connectivity index (χ4n) is 3.25. The van der Waals surface area contributed by atoms with Crippen LogP contribution < -0.4 is 10.6 Å². The Bertz CT molecular complexity index is 1250. The molecule has 2 N–H and O–H groups in total. The van der Waals surface area contributed by atoms with Crippen molar-refractivity contribution in [2.24, 2.45) is 0 Å². The first kappa shape index (κ1) is 20.7. The summed E-state index contributed by atoms with van der Waals surface area (Å²) in [5.74, 6) is -0.0963. The van der Waals surface area contributed by atoms with Crippen molar-refractivity contribution >= 4 is 46.0 Å². The van der Waals surface area contributed by atoms with Crippen molar-refractivity contribution in [3.63, 3.8) is 0 Å². The zero-order valence-electron chi connectivity index (χ0n) is 17.3. The molecule has 0 aliphatic heterocycles. The molecule has 0 unspecified atom stereocenters. The third kappa shape index (κ3) is 4.95. The number of para-hydroxylation sites is 2. The Hall–Kier alpha value is -3.58. The molecule has 0 spiro atoms. The first-order valence-corrected chi connectivity index (χ1v) is 10.8. The third-order valence-corrected chi connectivity index (χ3v) is 5.56. The Morgan fingerprint density at radius 2 is 1.65 bits per heavy atom. The molecule has 0 fully saturated rings. The number of benzene rings is 3. The predicted octanol–water partition coefficient (Wildman–Crippen LogP) is 5.02. The average Bonchev–Trinajstić information content (AvgIpc) is 3.11. The van der Waals surface area contributed by atoms with E-state index in [4.69, 9.17) is 4.98 Å². The fourth-order valence-corrected chi connectivity index (χ4v) is 4.08. The maximum atomic E-state index is 12.6. The van der Waals surface area contributed by atoms with Crippen molar-refractivity contribution in [3.8, 4) is 5.69 Å². The molecule has 0 radical (unpaired) electrons. The molecule has 0 saturated heterocycles. The van der Waals surface area contributed by atoms with Crippen molar-refractivity contribution in [2.75, 3.05) is 16.4 Å². The minimum Gasteiger partial charge on any atom is -0.326 e. The number of imidazole rings is 1. The fraction of sp³-hybridized carbons (Fsp3) is 0.125. The van der Waals surface area contributed by atoms with E-state index < -0.39 is 0 Å². The van der Waals surface area contributed by atoms with Gasteiger partial charge in [0, 0.05) is 24.0 Å². The number of amides is 2. The van der Waals surface area contributed by atoms with Crippen molar-refractivity contribution in [2.45, 2.75) is 19.0 Å². The summed E-state index contributed by atoms with van der Waals surface area (Å²) in [7, 11) is 0. The molecule has 4 aromatic rings. The SMILES string of the molecule is CC(=O)Nc1cccc(NC(=O)CSc2nc3ccccc3n2-c2ccc(C)cc2)c1. The first-order chi connectivity index (χ1) is 15.0. The summed E-state index contributed by atoms with van der Waals surface area (Å²) < 4.78 is 2.07. The van der Waals surface area contributed by atoms with Gasteiger partial charge in [0.15, 0.2) is 5.16 Å². The highest BCUT2D eigenvalue weighted by molar-refractivity contribution is 7.99. The lowest BCUT2D eigenvalue weighted by Crippen LogP contribution is -2.15. The monoisotopic (exact) mass is 430 g/mol. The number of carbonyl (C=O) groups is 2. The molecule has 4 rings (SSSR count). The smallest absolute Gasteiger partial charge is 0.234 e. The normalized spacial score (nSPS) is 10.8. The van der Waals surface area contributed by atoms with Gasteiger partial charge in [-0.1, -0.05) is 47.7 Å². The molecule has 0 aliphatic rings. The Labute approximate surface area is 184 Å². The van der Waals surface area contributed by atoms with Gasteiger partial charge in [-0.05, 0) is 49.4 Å². The van der Waals surface area contributed by atoms with Gasteiger partial charge in [-0.2, -0.15) is 0 Å². The van der Waals surface area contributed by atoms with Crippen LogP contribution in [-0.2, 0) is 9.59 Å². The average molecular weight is 431 g/mol. The van der Waals surface area contributed by atoms with Crippen LogP contribution in [0.25, 0.3) is 16.7 Å². The van der Waals surface area contributed by atoms with E-state index in [1.807, 2.05) is 24.3 Å². The van der Waals surface area contributed by atoms with E-state index in [2.05, 4.69) is 46.4 Å². The molecule has 1 heterocycles. The number of aryl methyl sites for hydroxylation is 1. The maximum absolute atomic E-state index is 12.6. The number of anilines is 2. The Morgan fingerprint density at radius 1 is 0.935 bits per heavy atom. The van der Waals surface area contributed by atoms with E-state index >= 15 is 0 Å². The van der Waals surface area contributed by atoms with Gasteiger partial charge >= 0.3 is 0 Å². The van der Waals surface area contributed by atoms with E-state index in [9.17, 15) is 9.59 Å². The van der Waals surface area contributed by atoms with Gasteiger partial charge < -0.3 is 10.6 Å². The Morgan fingerprint density at radius 3 is 2.39 bits per heavy atom. The standard InChI is InChI=1S/C24H22N4O2S/c1-16-10-12-20(13-11-16)28-22-9-4-3-8-21(22)27-24(28)31-15-23(30)26-19-7-5-6-18(14-19)25-17(2)29/h3-14H,15H2,1-2H3,(H,25,29)(H,26,30). The number of nitrogens with one attached hydrogen (secondary N) is 2. The Balaban J connectivity index is 1.53. The van der Waals surface area contributed by atoms with Gasteiger partial charge in [-0.3, -0.25) is 14.2 Å². The predicted molar refractivity (Wildman–Crippen MR) is 126 cm³/mol. The molecule has 7 heteroatoms. The van der Waals surface area contributed by atoms with E-state index in [-0.39, 0.29) is 17.6 Å². The third-order valence-electron chi connectivity index (χ3n) is 4.62. The van der Waals surface area contributed by atoms with E-state index in [0.29, 0.717) is 11.4 Å². The number of hydrogen-bond donors (Lipinski definition) is 2. The first-order valence-electron chi connectivity index (χ1n) is 9.84. The summed E-state index contributed by atoms with van der Waals surface area (Å²) in [6.07, 6.45) is 0. The van der Waals surface area contributed by atoms with Gasteiger partial charge in [-0.15, -0.1) is 0 Å². The maximum Gasteiger partial charge on any atom is 0.234 e. The van der Waals surface area contributed by atoms with Gasteiger partial charge in [0.1, 0.15) is 0 Å². The summed E-state index contributed by atoms with van der Waals surface area (Å²) >= 11 is 1.38. The van der Waals surface area contributed by atoms with Crippen LogP contribution in [0.15, 0.2) is 78.0 Å². The van der Waals surface area contributed by atoms with Crippen molar-refractivity contribution in [1.29, 1.82) is 0 Å². The largest absolute Gasteiger partial charge is 0.326 e. The number of fused-ring (bicyclic) bond motifs is 1. The van der Waals surface area contributed by atoms with Gasteiger partial charge in [0.25, 0.3) is 0 Å². The van der Waals surface area contributed by atoms with Crippen LogP contribution in [0.2, 0.25) is 0 Å². The second-order valence-corrected chi connectivity index (χ2v) is 8.10. The number of carbonyl (C=O) groups excluding carboxylic acids is 2. The number of aromatic nitrogens is 2. The van der Waals surface area contributed by atoms with Gasteiger partial charge in [0.05, 0.1) is 16.8 Å². The molecule has 156 valence electrons. The molecular formula is C24H22N4O2S. The van der Waals surface area contributed by atoms with E-state index in [0.717, 1.165) is 21.9 Å². The summed E-state index contributed by atoms with van der Waals surface area (Å²) in [4.78, 5) is 28.5. The zero-order chi connectivity index (χ0) is 21.8. The molecule has 0 bridgehead atoms. The number of thioether (sulfide) groups is 1. The van der Waals surface area contributed by atoms with Crippen molar-refractivity contribution in [1.82, 2.24) is 9.55 Å². The second-order valence-electron chi connectivity index (χ2n) is 7.15. The topological polar surface area (TPSA) is 76.0 Å². The summed E-state index contributed by atoms with van der Waals surface area (Å²) in [6.45, 7) is 3.50. The molecule has 0 saturated carbocycles. The van der Waals surface area contributed by atoms with Crippen molar-refractivity contribution in [3.05, 3.63) is 78.4 Å². The highest BCUT2D eigenvalue weighted by Crippen LogP contribution is 2.28. The lowest BCUT2D eigenvalue weighted by Gasteiger charge is -2.10. The molecule has 31 heavy (non-hydrogen) atoms. The van der Waals surface area contributed by atoms with Crippen molar-refractivity contribution < 1.29 is 9.59 Å². The highest BCUT2D eigenvalue weighted by atomic mass is 32.2. The molecule has 6 nitrogen and oxygen atoms in total.